The van der Waals surface area contributed by atoms with E-state index in [2.05, 4.69) is 20.2 Å². The number of rotatable bonds is 6. The molecule has 3 heterocycles. The Bertz CT molecular complexity index is 794. The van der Waals surface area contributed by atoms with Gasteiger partial charge in [0.25, 0.3) is 0 Å². The normalized spacial score (nSPS) is 15.4. The molecule has 0 radical (unpaired) electrons. The Kier molecular flexibility index (Phi) is 5.62. The molecule has 0 aliphatic carbocycles. The van der Waals surface area contributed by atoms with Crippen LogP contribution in [0.1, 0.15) is 22.9 Å². The van der Waals surface area contributed by atoms with E-state index in [1.54, 1.807) is 22.8 Å². The molecule has 9 nitrogen and oxygen atoms in total. The Morgan fingerprint density at radius 2 is 2.00 bits per heavy atom. The monoisotopic (exact) mass is 378 g/mol. The van der Waals surface area contributed by atoms with Crippen molar-refractivity contribution in [3.05, 3.63) is 38.2 Å². The molecule has 2 aromatic rings. The maximum absolute atomic E-state index is 12.4. The second-order valence-corrected chi connectivity index (χ2v) is 7.42. The number of nitro groups is 1. The molecule has 0 spiro atoms. The maximum atomic E-state index is 12.4. The molecule has 0 aromatic carbocycles. The topological polar surface area (TPSA) is 97.4 Å². The third kappa shape index (κ3) is 4.44. The fourth-order valence-corrected chi connectivity index (χ4v) is 3.65. The summed E-state index contributed by atoms with van der Waals surface area (Å²) in [5, 5.41) is 13.9. The summed E-state index contributed by atoms with van der Waals surface area (Å²) in [5.41, 5.74) is 1.09. The lowest BCUT2D eigenvalue weighted by molar-refractivity contribution is -0.389. The molecule has 0 atom stereocenters. The number of carbonyl (C=O) groups is 1. The average molecular weight is 378 g/mol. The lowest BCUT2D eigenvalue weighted by atomic mass is 10.2. The zero-order chi connectivity index (χ0) is 18.7. The van der Waals surface area contributed by atoms with Crippen molar-refractivity contribution in [2.45, 2.75) is 33.4 Å². The van der Waals surface area contributed by atoms with Crippen LogP contribution in [0.15, 0.2) is 11.6 Å². The fourth-order valence-electron chi connectivity index (χ4n) is 3.05. The van der Waals surface area contributed by atoms with Crippen LogP contribution in [0.4, 0.5) is 5.82 Å². The molecule has 2 aromatic heterocycles. The van der Waals surface area contributed by atoms with Crippen LogP contribution in [0.25, 0.3) is 0 Å². The van der Waals surface area contributed by atoms with Gasteiger partial charge in [-0.15, -0.1) is 11.3 Å². The van der Waals surface area contributed by atoms with Gasteiger partial charge in [0.2, 0.25) is 11.7 Å². The van der Waals surface area contributed by atoms with Gasteiger partial charge in [-0.25, -0.2) is 4.98 Å². The van der Waals surface area contributed by atoms with Gasteiger partial charge in [-0.05, 0) is 16.8 Å². The summed E-state index contributed by atoms with van der Waals surface area (Å²) in [6.07, 6.45) is 1.70. The molecule has 0 saturated carbocycles. The summed E-state index contributed by atoms with van der Waals surface area (Å²) in [7, 11) is 0. The standard InChI is InChI=1S/C16H22N6O3S/c1-12-17-15(22(24)25)10-21(12)4-3-16(23)20-7-5-19(6-8-20)9-14-11-26-13(2)18-14/h10-11H,3-9H2,1-2H3. The number of piperazine rings is 1. The summed E-state index contributed by atoms with van der Waals surface area (Å²) < 4.78 is 1.66. The molecule has 1 aliphatic heterocycles. The smallest absolute Gasteiger partial charge is 0.358 e. The predicted octanol–water partition coefficient (Wildman–Crippen LogP) is 1.60. The molecule has 1 saturated heterocycles. The zero-order valence-corrected chi connectivity index (χ0v) is 15.7. The van der Waals surface area contributed by atoms with E-state index in [-0.39, 0.29) is 11.7 Å². The number of hydrogen-bond donors (Lipinski definition) is 0. The molecule has 1 aliphatic rings. The van der Waals surface area contributed by atoms with E-state index in [0.717, 1.165) is 30.3 Å². The van der Waals surface area contributed by atoms with Gasteiger partial charge < -0.3 is 19.6 Å². The van der Waals surface area contributed by atoms with Crippen LogP contribution in [-0.4, -0.2) is 61.3 Å². The molecule has 0 N–H and O–H groups in total. The first-order chi connectivity index (χ1) is 12.4. The van der Waals surface area contributed by atoms with Crippen molar-refractivity contribution in [2.24, 2.45) is 0 Å². The first-order valence-corrected chi connectivity index (χ1v) is 9.39. The van der Waals surface area contributed by atoms with E-state index in [0.29, 0.717) is 31.9 Å². The summed E-state index contributed by atoms with van der Waals surface area (Å²) in [4.78, 5) is 35.2. The minimum absolute atomic E-state index is 0.0740. The van der Waals surface area contributed by atoms with E-state index >= 15 is 0 Å². The Labute approximate surface area is 155 Å². The molecule has 3 rings (SSSR count). The molecule has 10 heteroatoms. The van der Waals surface area contributed by atoms with Crippen LogP contribution in [0.2, 0.25) is 0 Å². The number of hydrogen-bond acceptors (Lipinski definition) is 7. The SMILES string of the molecule is Cc1nc(CN2CCN(C(=O)CCn3cc([N+](=O)[O-])nc3C)CC2)cs1. The molecule has 0 unspecified atom stereocenters. The maximum Gasteiger partial charge on any atom is 0.381 e. The minimum atomic E-state index is -0.519. The predicted molar refractivity (Wildman–Crippen MR) is 96.9 cm³/mol. The van der Waals surface area contributed by atoms with Crippen molar-refractivity contribution in [3.63, 3.8) is 0 Å². The highest BCUT2D eigenvalue weighted by atomic mass is 32.1. The lowest BCUT2D eigenvalue weighted by Crippen LogP contribution is -2.48. The van der Waals surface area contributed by atoms with Crippen molar-refractivity contribution in [2.75, 3.05) is 26.2 Å². The van der Waals surface area contributed by atoms with Crippen LogP contribution < -0.4 is 0 Å². The van der Waals surface area contributed by atoms with E-state index in [9.17, 15) is 14.9 Å². The number of thiazole rings is 1. The second kappa shape index (κ2) is 7.92. The Morgan fingerprint density at radius 3 is 2.58 bits per heavy atom. The van der Waals surface area contributed by atoms with Crippen LogP contribution >= 0.6 is 11.3 Å². The van der Waals surface area contributed by atoms with Gasteiger partial charge in [0.1, 0.15) is 6.20 Å². The van der Waals surface area contributed by atoms with E-state index in [1.807, 2.05) is 11.8 Å². The van der Waals surface area contributed by atoms with Gasteiger partial charge in [-0.1, -0.05) is 0 Å². The Hall–Kier alpha value is -2.33. The quantitative estimate of drug-likeness (QED) is 0.559. The van der Waals surface area contributed by atoms with Gasteiger partial charge in [-0.2, -0.15) is 0 Å². The molecular weight excluding hydrogens is 356 g/mol. The average Bonchev–Trinajstić information content (AvgIpc) is 3.19. The summed E-state index contributed by atoms with van der Waals surface area (Å²) in [5.74, 6) is 0.443. The number of carbonyl (C=O) groups excluding carboxylic acids is 1. The molecule has 0 bridgehead atoms. The van der Waals surface area contributed by atoms with Crippen LogP contribution in [0, 0.1) is 24.0 Å². The number of nitrogens with zero attached hydrogens (tertiary/aromatic N) is 6. The third-order valence-corrected chi connectivity index (χ3v) is 5.32. The van der Waals surface area contributed by atoms with Gasteiger partial charge in [-0.3, -0.25) is 9.69 Å². The van der Waals surface area contributed by atoms with Crippen LogP contribution in [-0.2, 0) is 17.9 Å². The van der Waals surface area contributed by atoms with Crippen LogP contribution in [0.3, 0.4) is 0 Å². The van der Waals surface area contributed by atoms with Gasteiger partial charge in [0.05, 0.1) is 10.7 Å². The molecular formula is C16H22N6O3S. The third-order valence-electron chi connectivity index (χ3n) is 4.49. The van der Waals surface area contributed by atoms with E-state index < -0.39 is 4.92 Å². The first-order valence-electron chi connectivity index (χ1n) is 8.51. The van der Waals surface area contributed by atoms with Crippen LogP contribution in [0.5, 0.6) is 0 Å². The molecule has 1 fully saturated rings. The molecule has 26 heavy (non-hydrogen) atoms. The summed E-state index contributed by atoms with van der Waals surface area (Å²) in [6.45, 7) is 8.00. The van der Waals surface area contributed by atoms with E-state index in [4.69, 9.17) is 0 Å². The van der Waals surface area contributed by atoms with Crippen molar-refractivity contribution in [1.29, 1.82) is 0 Å². The number of imidazole rings is 1. The second-order valence-electron chi connectivity index (χ2n) is 6.36. The number of aromatic nitrogens is 3. The van der Waals surface area contributed by atoms with Gasteiger partial charge in [0, 0.05) is 58.0 Å². The Morgan fingerprint density at radius 1 is 1.27 bits per heavy atom. The van der Waals surface area contributed by atoms with Crippen molar-refractivity contribution >= 4 is 23.1 Å². The minimum Gasteiger partial charge on any atom is -0.358 e. The molecule has 140 valence electrons. The van der Waals surface area contributed by atoms with Crippen molar-refractivity contribution in [1.82, 2.24) is 24.3 Å². The lowest BCUT2D eigenvalue weighted by Gasteiger charge is -2.34. The Balaban J connectivity index is 1.45. The highest BCUT2D eigenvalue weighted by molar-refractivity contribution is 7.09. The molecule has 1 amide bonds. The van der Waals surface area contributed by atoms with Gasteiger partial charge >= 0.3 is 5.82 Å². The highest BCUT2D eigenvalue weighted by Gasteiger charge is 2.22. The highest BCUT2D eigenvalue weighted by Crippen LogP contribution is 2.14. The fraction of sp³-hybridized carbons (Fsp3) is 0.562. The largest absolute Gasteiger partial charge is 0.381 e. The number of amides is 1. The van der Waals surface area contributed by atoms with Crippen molar-refractivity contribution in [3.8, 4) is 0 Å². The van der Waals surface area contributed by atoms with Crippen molar-refractivity contribution < 1.29 is 9.72 Å². The summed E-state index contributed by atoms with van der Waals surface area (Å²) in [6, 6.07) is 0. The number of aryl methyl sites for hydroxylation is 3. The van der Waals surface area contributed by atoms with Gasteiger partial charge in [0.15, 0.2) is 0 Å². The van der Waals surface area contributed by atoms with E-state index in [1.165, 1.54) is 6.20 Å². The summed E-state index contributed by atoms with van der Waals surface area (Å²) >= 11 is 1.66. The zero-order valence-electron chi connectivity index (χ0n) is 14.9. The first kappa shape index (κ1) is 18.5.